The Hall–Kier alpha value is -1.21. The molecule has 2 rings (SSSR count). The van der Waals surface area contributed by atoms with Crippen molar-refractivity contribution in [2.24, 2.45) is 0 Å². The van der Waals surface area contributed by atoms with Gasteiger partial charge < -0.3 is 15.0 Å². The molecule has 0 bridgehead atoms. The lowest BCUT2D eigenvalue weighted by atomic mass is 9.98. The molecule has 6 nitrogen and oxygen atoms in total. The summed E-state index contributed by atoms with van der Waals surface area (Å²) < 4.78 is 5.25. The Morgan fingerprint density at radius 2 is 2.00 bits per heavy atom. The van der Waals surface area contributed by atoms with Crippen molar-refractivity contribution < 1.29 is 9.53 Å². The Morgan fingerprint density at radius 1 is 1.35 bits per heavy atom. The number of morpholine rings is 1. The van der Waals surface area contributed by atoms with Crippen LogP contribution in [0, 0.1) is 0 Å². The Bertz CT molecular complexity index is 463. The van der Waals surface area contributed by atoms with Gasteiger partial charge in [-0.15, -0.1) is 10.2 Å². The van der Waals surface area contributed by atoms with Gasteiger partial charge >= 0.3 is 0 Å². The minimum Gasteiger partial charge on any atom is -0.378 e. The highest BCUT2D eigenvalue weighted by atomic mass is 32.1. The van der Waals surface area contributed by atoms with Crippen molar-refractivity contribution in [3.8, 4) is 0 Å². The van der Waals surface area contributed by atoms with Crippen LogP contribution in [-0.2, 0) is 14.9 Å². The first kappa shape index (κ1) is 15.2. The predicted molar refractivity (Wildman–Crippen MR) is 79.1 cm³/mol. The van der Waals surface area contributed by atoms with Gasteiger partial charge in [-0.05, 0) is 6.92 Å². The van der Waals surface area contributed by atoms with E-state index in [1.165, 1.54) is 11.3 Å². The van der Waals surface area contributed by atoms with Crippen LogP contribution in [0.1, 0.15) is 32.7 Å². The first-order valence-corrected chi connectivity index (χ1v) is 7.66. The fourth-order valence-electron chi connectivity index (χ4n) is 1.89. The number of amides is 1. The van der Waals surface area contributed by atoms with Crippen molar-refractivity contribution in [2.45, 2.75) is 39.2 Å². The second-order valence-corrected chi connectivity index (χ2v) is 6.94. The number of carbonyl (C=O) groups is 1. The third-order valence-electron chi connectivity index (χ3n) is 3.10. The summed E-state index contributed by atoms with van der Waals surface area (Å²) in [6, 6.07) is -0.297. The van der Waals surface area contributed by atoms with E-state index in [9.17, 15) is 4.79 Å². The molecular weight excluding hydrogens is 276 g/mol. The van der Waals surface area contributed by atoms with Crippen LogP contribution in [0.2, 0.25) is 0 Å². The topological polar surface area (TPSA) is 67.4 Å². The van der Waals surface area contributed by atoms with Gasteiger partial charge in [-0.25, -0.2) is 0 Å². The van der Waals surface area contributed by atoms with Crippen LogP contribution in [0.4, 0.5) is 5.13 Å². The maximum atomic E-state index is 12.3. The fourth-order valence-corrected chi connectivity index (χ4v) is 2.78. The molecule has 1 atom stereocenters. The number of anilines is 1. The molecule has 1 saturated heterocycles. The minimum atomic E-state index is -0.297. The first-order valence-electron chi connectivity index (χ1n) is 6.85. The molecule has 1 amide bonds. The lowest BCUT2D eigenvalue weighted by Gasteiger charge is -2.29. The summed E-state index contributed by atoms with van der Waals surface area (Å²) in [5.74, 6) is 0.0841. The van der Waals surface area contributed by atoms with Crippen molar-refractivity contribution in [3.63, 3.8) is 0 Å². The highest BCUT2D eigenvalue weighted by Crippen LogP contribution is 2.28. The zero-order valence-corrected chi connectivity index (χ0v) is 13.3. The number of ether oxygens (including phenoxy) is 1. The number of rotatable bonds is 3. The number of aromatic nitrogens is 2. The summed E-state index contributed by atoms with van der Waals surface area (Å²) in [6.07, 6.45) is 0. The van der Waals surface area contributed by atoms with E-state index in [2.05, 4.69) is 36.3 Å². The zero-order valence-electron chi connectivity index (χ0n) is 12.5. The number of hydrogen-bond acceptors (Lipinski definition) is 6. The summed E-state index contributed by atoms with van der Waals surface area (Å²) in [7, 11) is 0. The molecule has 1 aromatic heterocycles. The van der Waals surface area contributed by atoms with E-state index >= 15 is 0 Å². The lowest BCUT2D eigenvalue weighted by molar-refractivity contribution is -0.135. The smallest absolute Gasteiger partial charge is 0.245 e. The normalized spacial score (nSPS) is 17.9. The van der Waals surface area contributed by atoms with Crippen LogP contribution in [0.15, 0.2) is 0 Å². The molecule has 20 heavy (non-hydrogen) atoms. The molecule has 0 aromatic carbocycles. The maximum Gasteiger partial charge on any atom is 0.245 e. The van der Waals surface area contributed by atoms with Gasteiger partial charge in [0.05, 0.1) is 13.2 Å². The van der Waals surface area contributed by atoms with E-state index in [4.69, 9.17) is 4.74 Å². The quantitative estimate of drug-likeness (QED) is 0.916. The van der Waals surface area contributed by atoms with Crippen molar-refractivity contribution in [3.05, 3.63) is 5.01 Å². The number of nitrogens with zero attached hydrogens (tertiary/aromatic N) is 3. The monoisotopic (exact) mass is 298 g/mol. The SMILES string of the molecule is CC(Nc1nnc(C(C)(C)C)s1)C(=O)N1CCOCC1. The number of hydrogen-bond donors (Lipinski definition) is 1. The van der Waals surface area contributed by atoms with Gasteiger partial charge in [-0.3, -0.25) is 4.79 Å². The molecule has 1 unspecified atom stereocenters. The van der Waals surface area contributed by atoms with Gasteiger partial charge in [0.15, 0.2) is 0 Å². The van der Waals surface area contributed by atoms with E-state index < -0.39 is 0 Å². The minimum absolute atomic E-state index is 0.0188. The van der Waals surface area contributed by atoms with Gasteiger partial charge in [-0.2, -0.15) is 0 Å². The molecule has 0 spiro atoms. The van der Waals surface area contributed by atoms with Crippen molar-refractivity contribution in [1.82, 2.24) is 15.1 Å². The van der Waals surface area contributed by atoms with Crippen LogP contribution in [0.25, 0.3) is 0 Å². The van der Waals surface area contributed by atoms with Gasteiger partial charge in [0, 0.05) is 18.5 Å². The van der Waals surface area contributed by atoms with E-state index in [-0.39, 0.29) is 17.4 Å². The maximum absolute atomic E-state index is 12.3. The Morgan fingerprint density at radius 3 is 2.55 bits per heavy atom. The first-order chi connectivity index (χ1) is 9.38. The number of nitrogens with one attached hydrogen (secondary N) is 1. The summed E-state index contributed by atoms with van der Waals surface area (Å²) in [4.78, 5) is 14.1. The Kier molecular flexibility index (Phi) is 4.59. The summed E-state index contributed by atoms with van der Waals surface area (Å²) in [6.45, 7) is 10.7. The third kappa shape index (κ3) is 3.67. The molecular formula is C13H22N4O2S. The van der Waals surface area contributed by atoms with Crippen molar-refractivity contribution in [2.75, 3.05) is 31.6 Å². The van der Waals surface area contributed by atoms with Crippen LogP contribution in [0.3, 0.4) is 0 Å². The van der Waals surface area contributed by atoms with Gasteiger partial charge in [0.1, 0.15) is 11.0 Å². The molecule has 1 fully saturated rings. The molecule has 1 aromatic rings. The molecule has 112 valence electrons. The molecule has 0 radical (unpaired) electrons. The van der Waals surface area contributed by atoms with Crippen LogP contribution in [0.5, 0.6) is 0 Å². The van der Waals surface area contributed by atoms with Crippen LogP contribution < -0.4 is 5.32 Å². The Balaban J connectivity index is 1.95. The molecule has 1 aliphatic rings. The summed E-state index contributed by atoms with van der Waals surface area (Å²) >= 11 is 1.50. The molecule has 0 aliphatic carbocycles. The molecule has 2 heterocycles. The largest absolute Gasteiger partial charge is 0.378 e. The van der Waals surface area contributed by atoms with Crippen molar-refractivity contribution >= 4 is 22.4 Å². The summed E-state index contributed by atoms with van der Waals surface area (Å²) in [5.41, 5.74) is -0.0188. The highest BCUT2D eigenvalue weighted by Gasteiger charge is 2.24. The molecule has 0 saturated carbocycles. The molecule has 1 N–H and O–H groups in total. The average Bonchev–Trinajstić information content (AvgIpc) is 2.87. The predicted octanol–water partition coefficient (Wildman–Crippen LogP) is 1.49. The number of carbonyl (C=O) groups excluding carboxylic acids is 1. The van der Waals surface area contributed by atoms with E-state index in [1.807, 2.05) is 11.8 Å². The second kappa shape index (κ2) is 6.05. The van der Waals surface area contributed by atoms with E-state index in [0.29, 0.717) is 31.4 Å². The Labute approximate surface area is 123 Å². The van der Waals surface area contributed by atoms with Gasteiger partial charge in [0.2, 0.25) is 11.0 Å². The van der Waals surface area contributed by atoms with Crippen molar-refractivity contribution in [1.29, 1.82) is 0 Å². The third-order valence-corrected chi connectivity index (χ3v) is 4.38. The fraction of sp³-hybridized carbons (Fsp3) is 0.769. The van der Waals surface area contributed by atoms with E-state index in [1.54, 1.807) is 0 Å². The van der Waals surface area contributed by atoms with Gasteiger partial charge in [-0.1, -0.05) is 32.1 Å². The van der Waals surface area contributed by atoms with E-state index in [0.717, 1.165) is 5.01 Å². The zero-order chi connectivity index (χ0) is 14.8. The van der Waals surface area contributed by atoms with Gasteiger partial charge in [0.25, 0.3) is 0 Å². The standard InChI is InChI=1S/C13H22N4O2S/c1-9(10(18)17-5-7-19-8-6-17)14-12-16-15-11(20-12)13(2,3)4/h9H,5-8H2,1-4H3,(H,14,16). The molecule has 1 aliphatic heterocycles. The summed E-state index contributed by atoms with van der Waals surface area (Å²) in [5, 5.41) is 13.1. The highest BCUT2D eigenvalue weighted by molar-refractivity contribution is 7.15. The van der Waals surface area contributed by atoms with Crippen LogP contribution >= 0.6 is 11.3 Å². The molecule has 7 heteroatoms. The average molecular weight is 298 g/mol. The second-order valence-electron chi connectivity index (χ2n) is 5.97. The lowest BCUT2D eigenvalue weighted by Crippen LogP contribution is -2.46. The van der Waals surface area contributed by atoms with Crippen LogP contribution in [-0.4, -0.2) is 53.3 Å².